The van der Waals surface area contributed by atoms with Crippen LogP contribution >= 0.6 is 0 Å². The molecule has 140 valence electrons. The van der Waals surface area contributed by atoms with Crippen molar-refractivity contribution in [1.29, 1.82) is 0 Å². The SMILES string of the molecule is Cc1cc(S(=O)(=O)Nc2ccc(N(C)Cc3ccccc3)nc2)ccc1F. The zero-order valence-electron chi connectivity index (χ0n) is 15.1. The molecule has 0 atom stereocenters. The van der Waals surface area contributed by atoms with Crippen molar-refractivity contribution >= 4 is 21.5 Å². The highest BCUT2D eigenvalue weighted by atomic mass is 32.2. The summed E-state index contributed by atoms with van der Waals surface area (Å²) in [5, 5.41) is 0. The predicted octanol–water partition coefficient (Wildman–Crippen LogP) is 3.97. The van der Waals surface area contributed by atoms with Gasteiger partial charge in [-0.2, -0.15) is 0 Å². The van der Waals surface area contributed by atoms with Gasteiger partial charge in [0.2, 0.25) is 0 Å². The maximum Gasteiger partial charge on any atom is 0.261 e. The molecular weight excluding hydrogens is 365 g/mol. The van der Waals surface area contributed by atoms with Gasteiger partial charge in [-0.15, -0.1) is 0 Å². The van der Waals surface area contributed by atoms with Crippen LogP contribution in [0.2, 0.25) is 0 Å². The second-order valence-corrected chi connectivity index (χ2v) is 7.95. The number of nitrogens with zero attached hydrogens (tertiary/aromatic N) is 2. The van der Waals surface area contributed by atoms with Crippen LogP contribution in [0, 0.1) is 12.7 Å². The molecule has 1 N–H and O–H groups in total. The fraction of sp³-hybridized carbons (Fsp3) is 0.150. The maximum atomic E-state index is 13.4. The number of hydrogen-bond donors (Lipinski definition) is 1. The first-order chi connectivity index (χ1) is 12.8. The minimum atomic E-state index is -3.80. The highest BCUT2D eigenvalue weighted by Crippen LogP contribution is 2.20. The monoisotopic (exact) mass is 385 g/mol. The quantitative estimate of drug-likeness (QED) is 0.698. The summed E-state index contributed by atoms with van der Waals surface area (Å²) in [6.45, 7) is 2.21. The number of hydrogen-bond acceptors (Lipinski definition) is 4. The number of benzene rings is 2. The van der Waals surface area contributed by atoms with Crippen LogP contribution in [0.1, 0.15) is 11.1 Å². The Balaban J connectivity index is 1.72. The lowest BCUT2D eigenvalue weighted by molar-refractivity contribution is 0.598. The fourth-order valence-corrected chi connectivity index (χ4v) is 3.74. The Morgan fingerprint density at radius 3 is 2.44 bits per heavy atom. The second kappa shape index (κ2) is 7.75. The van der Waals surface area contributed by atoms with E-state index in [1.807, 2.05) is 42.3 Å². The van der Waals surface area contributed by atoms with Crippen LogP contribution in [-0.4, -0.2) is 20.4 Å². The molecule has 0 saturated heterocycles. The summed E-state index contributed by atoms with van der Waals surface area (Å²) in [6.07, 6.45) is 1.46. The molecule has 1 heterocycles. The number of anilines is 2. The van der Waals surface area contributed by atoms with E-state index in [-0.39, 0.29) is 10.5 Å². The lowest BCUT2D eigenvalue weighted by Crippen LogP contribution is -2.18. The van der Waals surface area contributed by atoms with E-state index in [1.54, 1.807) is 12.1 Å². The minimum Gasteiger partial charge on any atom is -0.355 e. The average molecular weight is 385 g/mol. The number of halogens is 1. The number of pyridine rings is 1. The molecule has 2 aromatic carbocycles. The van der Waals surface area contributed by atoms with Gasteiger partial charge < -0.3 is 4.90 Å². The van der Waals surface area contributed by atoms with Gasteiger partial charge in [0.05, 0.1) is 16.8 Å². The first kappa shape index (κ1) is 18.8. The number of sulfonamides is 1. The largest absolute Gasteiger partial charge is 0.355 e. The standard InChI is InChI=1S/C20H20FN3O2S/c1-15-12-18(9-10-19(15)21)27(25,26)23-17-8-11-20(22-13-17)24(2)14-16-6-4-3-5-7-16/h3-13,23H,14H2,1-2H3. The van der Waals surface area contributed by atoms with Crippen LogP contribution in [0.3, 0.4) is 0 Å². The first-order valence-electron chi connectivity index (χ1n) is 8.35. The molecule has 7 heteroatoms. The number of nitrogens with one attached hydrogen (secondary N) is 1. The van der Waals surface area contributed by atoms with Crippen LogP contribution in [0.15, 0.2) is 71.8 Å². The summed E-state index contributed by atoms with van der Waals surface area (Å²) in [5.41, 5.74) is 1.76. The van der Waals surface area contributed by atoms with E-state index in [2.05, 4.69) is 9.71 Å². The fourth-order valence-electron chi connectivity index (χ4n) is 2.61. The molecule has 0 aliphatic rings. The highest BCUT2D eigenvalue weighted by molar-refractivity contribution is 7.92. The Kier molecular flexibility index (Phi) is 5.41. The van der Waals surface area contributed by atoms with Gasteiger partial charge >= 0.3 is 0 Å². The second-order valence-electron chi connectivity index (χ2n) is 6.26. The van der Waals surface area contributed by atoms with Gasteiger partial charge in [-0.1, -0.05) is 30.3 Å². The Morgan fingerprint density at radius 2 is 1.81 bits per heavy atom. The van der Waals surface area contributed by atoms with Crippen molar-refractivity contribution in [3.05, 3.63) is 83.8 Å². The zero-order chi connectivity index (χ0) is 19.4. The normalized spacial score (nSPS) is 11.2. The van der Waals surface area contributed by atoms with E-state index in [4.69, 9.17) is 0 Å². The maximum absolute atomic E-state index is 13.4. The number of rotatable bonds is 6. The summed E-state index contributed by atoms with van der Waals surface area (Å²) in [6, 6.07) is 17.1. The van der Waals surface area contributed by atoms with Gasteiger partial charge in [0.25, 0.3) is 10.0 Å². The number of aryl methyl sites for hydroxylation is 1. The van der Waals surface area contributed by atoms with E-state index in [1.165, 1.54) is 25.3 Å². The first-order valence-corrected chi connectivity index (χ1v) is 9.83. The Bertz CT molecular complexity index is 1020. The molecule has 0 bridgehead atoms. The highest BCUT2D eigenvalue weighted by Gasteiger charge is 2.16. The van der Waals surface area contributed by atoms with Crippen molar-refractivity contribution < 1.29 is 12.8 Å². The summed E-state index contributed by atoms with van der Waals surface area (Å²) in [7, 11) is -1.89. The molecule has 0 aliphatic carbocycles. The third-order valence-corrected chi connectivity index (χ3v) is 5.47. The molecule has 0 saturated carbocycles. The summed E-state index contributed by atoms with van der Waals surface area (Å²) < 4.78 is 40.7. The van der Waals surface area contributed by atoms with E-state index in [0.717, 1.165) is 17.4 Å². The van der Waals surface area contributed by atoms with Crippen molar-refractivity contribution in [3.63, 3.8) is 0 Å². The molecule has 0 aliphatic heterocycles. The molecule has 5 nitrogen and oxygen atoms in total. The topological polar surface area (TPSA) is 62.3 Å². The van der Waals surface area contributed by atoms with Crippen LogP contribution in [0.25, 0.3) is 0 Å². The molecule has 3 aromatic rings. The van der Waals surface area contributed by atoms with E-state index in [9.17, 15) is 12.8 Å². The summed E-state index contributed by atoms with van der Waals surface area (Å²) in [5.74, 6) is 0.279. The molecular formula is C20H20FN3O2S. The molecule has 3 rings (SSSR count). The summed E-state index contributed by atoms with van der Waals surface area (Å²) in [4.78, 5) is 6.30. The molecule has 0 amide bonds. The summed E-state index contributed by atoms with van der Waals surface area (Å²) >= 11 is 0. The smallest absolute Gasteiger partial charge is 0.261 e. The molecule has 0 unspecified atom stereocenters. The van der Waals surface area contributed by atoms with Gasteiger partial charge in [-0.25, -0.2) is 17.8 Å². The van der Waals surface area contributed by atoms with Crippen LogP contribution in [-0.2, 0) is 16.6 Å². The molecule has 0 fully saturated rings. The number of aromatic nitrogens is 1. The minimum absolute atomic E-state index is 0.00618. The lowest BCUT2D eigenvalue weighted by atomic mass is 10.2. The zero-order valence-corrected chi connectivity index (χ0v) is 15.9. The van der Waals surface area contributed by atoms with Gasteiger partial charge in [-0.3, -0.25) is 4.72 Å². The van der Waals surface area contributed by atoms with E-state index < -0.39 is 15.8 Å². The molecule has 0 radical (unpaired) electrons. The van der Waals surface area contributed by atoms with Crippen molar-refractivity contribution in [1.82, 2.24) is 4.98 Å². The van der Waals surface area contributed by atoms with Gasteiger partial charge in [0.1, 0.15) is 11.6 Å². The molecule has 27 heavy (non-hydrogen) atoms. The Labute approximate surface area is 158 Å². The van der Waals surface area contributed by atoms with Crippen LogP contribution in [0.5, 0.6) is 0 Å². The third-order valence-electron chi connectivity index (χ3n) is 4.09. The van der Waals surface area contributed by atoms with E-state index >= 15 is 0 Å². The Hall–Kier alpha value is -2.93. The molecule has 1 aromatic heterocycles. The van der Waals surface area contributed by atoms with Crippen molar-refractivity contribution in [2.75, 3.05) is 16.7 Å². The Morgan fingerprint density at radius 1 is 1.07 bits per heavy atom. The van der Waals surface area contributed by atoms with E-state index in [0.29, 0.717) is 12.2 Å². The van der Waals surface area contributed by atoms with Gasteiger partial charge in [0.15, 0.2) is 0 Å². The average Bonchev–Trinajstić information content (AvgIpc) is 2.65. The lowest BCUT2D eigenvalue weighted by Gasteiger charge is -2.18. The predicted molar refractivity (Wildman–Crippen MR) is 105 cm³/mol. The van der Waals surface area contributed by atoms with Crippen molar-refractivity contribution in [2.24, 2.45) is 0 Å². The van der Waals surface area contributed by atoms with Crippen molar-refractivity contribution in [3.8, 4) is 0 Å². The van der Waals surface area contributed by atoms with Crippen molar-refractivity contribution in [2.45, 2.75) is 18.4 Å². The van der Waals surface area contributed by atoms with Crippen LogP contribution < -0.4 is 9.62 Å². The van der Waals surface area contributed by atoms with Gasteiger partial charge in [0, 0.05) is 13.6 Å². The van der Waals surface area contributed by atoms with Gasteiger partial charge in [-0.05, 0) is 48.4 Å². The van der Waals surface area contributed by atoms with Crippen LogP contribution in [0.4, 0.5) is 15.9 Å². The molecule has 0 spiro atoms. The third kappa shape index (κ3) is 4.62.